The average molecular weight is 318 g/mol. The van der Waals surface area contributed by atoms with Crippen LogP contribution in [-0.4, -0.2) is 44.4 Å². The molecule has 0 amide bonds. The molecular formula is C13H16ClNO6. The zero-order valence-electron chi connectivity index (χ0n) is 11.5. The highest BCUT2D eigenvalue weighted by atomic mass is 35.5. The highest BCUT2D eigenvalue weighted by Crippen LogP contribution is 2.25. The lowest BCUT2D eigenvalue weighted by Gasteiger charge is -2.06. The zero-order valence-corrected chi connectivity index (χ0v) is 12.3. The highest BCUT2D eigenvalue weighted by molar-refractivity contribution is 6.32. The van der Waals surface area contributed by atoms with E-state index >= 15 is 0 Å². The summed E-state index contributed by atoms with van der Waals surface area (Å²) in [6.07, 6.45) is 0.758. The van der Waals surface area contributed by atoms with E-state index in [1.165, 1.54) is 12.1 Å². The number of methoxy groups -OCH3 is 1. The van der Waals surface area contributed by atoms with Crippen molar-refractivity contribution in [3.63, 3.8) is 0 Å². The first-order valence-electron chi connectivity index (χ1n) is 6.24. The molecule has 0 radical (unpaired) electrons. The Hall–Kier alpha value is -1.70. The van der Waals surface area contributed by atoms with Gasteiger partial charge in [-0.2, -0.15) is 0 Å². The topological polar surface area (TPSA) is 87.9 Å². The Kier molecular flexibility index (Phi) is 7.66. The van der Waals surface area contributed by atoms with Gasteiger partial charge < -0.3 is 14.2 Å². The van der Waals surface area contributed by atoms with Crippen molar-refractivity contribution in [3.05, 3.63) is 38.9 Å². The van der Waals surface area contributed by atoms with Crippen molar-refractivity contribution in [2.75, 3.05) is 33.5 Å². The van der Waals surface area contributed by atoms with Gasteiger partial charge >= 0.3 is 5.97 Å². The summed E-state index contributed by atoms with van der Waals surface area (Å²) in [6, 6.07) is 3.75. The summed E-state index contributed by atoms with van der Waals surface area (Å²) in [6.45, 7) is 1.44. The van der Waals surface area contributed by atoms with Gasteiger partial charge in [-0.1, -0.05) is 11.6 Å². The number of nitro benzene ring substituents is 1. The first-order valence-corrected chi connectivity index (χ1v) is 6.61. The normalized spacial score (nSPS) is 10.4. The maximum Gasteiger partial charge on any atom is 0.338 e. The van der Waals surface area contributed by atoms with Crippen LogP contribution in [0.1, 0.15) is 16.8 Å². The Morgan fingerprint density at radius 2 is 2.05 bits per heavy atom. The predicted octanol–water partition coefficient (Wildman–Crippen LogP) is 2.46. The lowest BCUT2D eigenvalue weighted by atomic mass is 10.2. The standard InChI is InChI=1S/C13H16ClNO6/c1-19-5-2-6-20-7-8-21-13(16)10-3-4-11(14)12(9-10)15(17)18/h3-4,9H,2,5-8H2,1H3. The van der Waals surface area contributed by atoms with E-state index in [2.05, 4.69) is 0 Å². The number of halogens is 1. The monoisotopic (exact) mass is 317 g/mol. The van der Waals surface area contributed by atoms with Crippen LogP contribution in [0.2, 0.25) is 5.02 Å². The second-order valence-corrected chi connectivity index (χ2v) is 4.43. The molecule has 116 valence electrons. The van der Waals surface area contributed by atoms with Gasteiger partial charge in [-0.25, -0.2) is 4.79 Å². The van der Waals surface area contributed by atoms with Crippen molar-refractivity contribution in [3.8, 4) is 0 Å². The van der Waals surface area contributed by atoms with E-state index in [0.29, 0.717) is 13.2 Å². The third kappa shape index (κ3) is 6.07. The molecule has 0 aromatic heterocycles. The molecule has 0 bridgehead atoms. The van der Waals surface area contributed by atoms with Crippen molar-refractivity contribution in [2.24, 2.45) is 0 Å². The van der Waals surface area contributed by atoms with Gasteiger partial charge in [0.25, 0.3) is 5.69 Å². The molecule has 0 atom stereocenters. The van der Waals surface area contributed by atoms with Crippen LogP contribution in [0.5, 0.6) is 0 Å². The molecule has 1 rings (SSSR count). The minimum atomic E-state index is -0.657. The Balaban J connectivity index is 2.39. The Morgan fingerprint density at radius 1 is 1.29 bits per heavy atom. The molecule has 0 saturated heterocycles. The van der Waals surface area contributed by atoms with Crippen molar-refractivity contribution < 1.29 is 23.9 Å². The van der Waals surface area contributed by atoms with Crippen molar-refractivity contribution in [1.82, 2.24) is 0 Å². The molecule has 0 aliphatic carbocycles. The summed E-state index contributed by atoms with van der Waals surface area (Å²) in [5.41, 5.74) is -0.257. The molecule has 0 aliphatic heterocycles. The first-order chi connectivity index (χ1) is 10.1. The molecule has 1 aromatic rings. The number of nitro groups is 1. The van der Waals surface area contributed by atoms with Crippen LogP contribution in [0.3, 0.4) is 0 Å². The van der Waals surface area contributed by atoms with Gasteiger partial charge in [0.2, 0.25) is 0 Å². The van der Waals surface area contributed by atoms with Crippen LogP contribution in [0.25, 0.3) is 0 Å². The molecular weight excluding hydrogens is 302 g/mol. The third-order valence-electron chi connectivity index (χ3n) is 2.48. The fourth-order valence-electron chi connectivity index (χ4n) is 1.46. The Labute approximate surface area is 126 Å². The highest BCUT2D eigenvalue weighted by Gasteiger charge is 2.16. The summed E-state index contributed by atoms with van der Waals surface area (Å²) >= 11 is 5.66. The molecule has 0 spiro atoms. The Morgan fingerprint density at radius 3 is 2.71 bits per heavy atom. The van der Waals surface area contributed by atoms with E-state index < -0.39 is 10.9 Å². The molecule has 0 N–H and O–H groups in total. The number of ether oxygens (including phenoxy) is 3. The largest absolute Gasteiger partial charge is 0.460 e. The van der Waals surface area contributed by atoms with Crippen LogP contribution >= 0.6 is 11.6 Å². The van der Waals surface area contributed by atoms with Crippen molar-refractivity contribution in [1.29, 1.82) is 0 Å². The third-order valence-corrected chi connectivity index (χ3v) is 2.80. The summed E-state index contributed by atoms with van der Waals surface area (Å²) in [5, 5.41) is 10.7. The average Bonchev–Trinajstić information content (AvgIpc) is 2.46. The van der Waals surface area contributed by atoms with Gasteiger partial charge in [-0.05, 0) is 18.6 Å². The van der Waals surface area contributed by atoms with Gasteiger partial charge in [-0.15, -0.1) is 0 Å². The molecule has 0 saturated carbocycles. The van der Waals surface area contributed by atoms with E-state index in [0.717, 1.165) is 12.5 Å². The quantitative estimate of drug-likeness (QED) is 0.301. The predicted molar refractivity (Wildman–Crippen MR) is 75.7 cm³/mol. The molecule has 0 fully saturated rings. The van der Waals surface area contributed by atoms with Crippen LogP contribution in [0, 0.1) is 10.1 Å². The fraction of sp³-hybridized carbons (Fsp3) is 0.462. The smallest absolute Gasteiger partial charge is 0.338 e. The zero-order chi connectivity index (χ0) is 15.7. The summed E-state index contributed by atoms with van der Waals surface area (Å²) in [5.74, 6) is -0.657. The SMILES string of the molecule is COCCCOCCOC(=O)c1ccc(Cl)c([N+](=O)[O-])c1. The van der Waals surface area contributed by atoms with Crippen molar-refractivity contribution >= 4 is 23.3 Å². The second-order valence-electron chi connectivity index (χ2n) is 4.02. The van der Waals surface area contributed by atoms with Gasteiger partial charge in [-0.3, -0.25) is 10.1 Å². The lowest BCUT2D eigenvalue weighted by Crippen LogP contribution is -2.12. The van der Waals surface area contributed by atoms with Crippen LogP contribution in [-0.2, 0) is 14.2 Å². The maximum absolute atomic E-state index is 11.7. The van der Waals surface area contributed by atoms with Crippen LogP contribution in [0.4, 0.5) is 5.69 Å². The van der Waals surface area contributed by atoms with E-state index in [1.54, 1.807) is 7.11 Å². The van der Waals surface area contributed by atoms with E-state index in [-0.39, 0.29) is 29.5 Å². The van der Waals surface area contributed by atoms with Crippen molar-refractivity contribution in [2.45, 2.75) is 6.42 Å². The minimum Gasteiger partial charge on any atom is -0.460 e. The van der Waals surface area contributed by atoms with Gasteiger partial charge in [0.1, 0.15) is 11.6 Å². The van der Waals surface area contributed by atoms with Crippen LogP contribution < -0.4 is 0 Å². The number of carbonyl (C=O) groups excluding carboxylic acids is 1. The summed E-state index contributed by atoms with van der Waals surface area (Å²) in [7, 11) is 1.60. The fourth-order valence-corrected chi connectivity index (χ4v) is 1.65. The molecule has 1 aromatic carbocycles. The molecule has 8 heteroatoms. The number of nitrogens with zero attached hydrogens (tertiary/aromatic N) is 1. The summed E-state index contributed by atoms with van der Waals surface area (Å²) < 4.78 is 15.0. The lowest BCUT2D eigenvalue weighted by molar-refractivity contribution is -0.384. The second kappa shape index (κ2) is 9.28. The van der Waals surface area contributed by atoms with E-state index in [4.69, 9.17) is 25.8 Å². The number of carbonyl (C=O) groups is 1. The minimum absolute atomic E-state index is 0.0296. The van der Waals surface area contributed by atoms with E-state index in [1.807, 2.05) is 0 Å². The number of benzene rings is 1. The first kappa shape index (κ1) is 17.4. The molecule has 0 aliphatic rings. The van der Waals surface area contributed by atoms with Gasteiger partial charge in [0.05, 0.1) is 17.1 Å². The maximum atomic E-state index is 11.7. The number of rotatable bonds is 9. The molecule has 7 nitrogen and oxygen atoms in total. The Bertz CT molecular complexity index is 494. The molecule has 0 heterocycles. The van der Waals surface area contributed by atoms with Gasteiger partial charge in [0.15, 0.2) is 0 Å². The van der Waals surface area contributed by atoms with Crippen LogP contribution in [0.15, 0.2) is 18.2 Å². The number of hydrogen-bond acceptors (Lipinski definition) is 6. The molecule has 21 heavy (non-hydrogen) atoms. The number of hydrogen-bond donors (Lipinski definition) is 0. The molecule has 0 unspecified atom stereocenters. The summed E-state index contributed by atoms with van der Waals surface area (Å²) in [4.78, 5) is 21.8. The number of esters is 1. The van der Waals surface area contributed by atoms with E-state index in [9.17, 15) is 14.9 Å². The van der Waals surface area contributed by atoms with Gasteiger partial charge in [0, 0.05) is 26.4 Å².